The average Bonchev–Trinajstić information content (AvgIpc) is 2.64. The van der Waals surface area contributed by atoms with Crippen LogP contribution in [0.1, 0.15) is 15.9 Å². The fourth-order valence-electron chi connectivity index (χ4n) is 2.45. The SMILES string of the molecule is O=C(NCc1ccc(Cl)cc1Cl)c1cc(F)c(F)cc1Nc1ccccc1. The Hall–Kier alpha value is -2.63. The molecule has 3 rings (SSSR count). The number of carbonyl (C=O) groups excluding carboxylic acids is 1. The second-order valence-corrected chi connectivity index (χ2v) is 6.56. The summed E-state index contributed by atoms with van der Waals surface area (Å²) in [6.45, 7) is 0.110. The standard InChI is InChI=1S/C20H14Cl2F2N2O/c21-13-7-6-12(16(22)8-13)11-25-20(27)15-9-17(23)18(24)10-19(15)26-14-4-2-1-3-5-14/h1-10,26H,11H2,(H,25,27). The van der Waals surface area contributed by atoms with Crippen LogP contribution in [0, 0.1) is 11.6 Å². The molecule has 0 aromatic heterocycles. The van der Waals surface area contributed by atoms with E-state index < -0.39 is 17.5 Å². The zero-order valence-corrected chi connectivity index (χ0v) is 15.4. The summed E-state index contributed by atoms with van der Waals surface area (Å²) in [5.41, 5.74) is 1.41. The highest BCUT2D eigenvalue weighted by molar-refractivity contribution is 6.35. The molecule has 1 amide bonds. The molecule has 27 heavy (non-hydrogen) atoms. The van der Waals surface area contributed by atoms with E-state index in [0.29, 0.717) is 21.3 Å². The normalized spacial score (nSPS) is 10.5. The quantitative estimate of drug-likeness (QED) is 0.549. The molecule has 0 fully saturated rings. The molecule has 0 spiro atoms. The van der Waals surface area contributed by atoms with Gasteiger partial charge in [0.25, 0.3) is 5.91 Å². The fourth-order valence-corrected chi connectivity index (χ4v) is 2.93. The van der Waals surface area contributed by atoms with Crippen LogP contribution in [0.2, 0.25) is 10.0 Å². The van der Waals surface area contributed by atoms with Crippen molar-refractivity contribution in [1.82, 2.24) is 5.32 Å². The Kier molecular flexibility index (Phi) is 5.94. The number of hydrogen-bond acceptors (Lipinski definition) is 2. The molecule has 0 bridgehead atoms. The first-order valence-corrected chi connectivity index (χ1v) is 8.73. The summed E-state index contributed by atoms with van der Waals surface area (Å²) < 4.78 is 27.4. The van der Waals surface area contributed by atoms with Crippen LogP contribution in [0.5, 0.6) is 0 Å². The van der Waals surface area contributed by atoms with Crippen LogP contribution in [-0.2, 0) is 6.54 Å². The van der Waals surface area contributed by atoms with Crippen LogP contribution in [-0.4, -0.2) is 5.91 Å². The monoisotopic (exact) mass is 406 g/mol. The number of nitrogens with one attached hydrogen (secondary N) is 2. The molecular weight excluding hydrogens is 393 g/mol. The zero-order chi connectivity index (χ0) is 19.4. The smallest absolute Gasteiger partial charge is 0.253 e. The Labute approximate surface area is 164 Å². The third-order valence-electron chi connectivity index (χ3n) is 3.81. The van der Waals surface area contributed by atoms with Crippen LogP contribution in [0.4, 0.5) is 20.2 Å². The van der Waals surface area contributed by atoms with Crippen molar-refractivity contribution in [2.24, 2.45) is 0 Å². The van der Waals surface area contributed by atoms with Gasteiger partial charge in [-0.3, -0.25) is 4.79 Å². The maximum atomic E-state index is 13.7. The van der Waals surface area contributed by atoms with Crippen molar-refractivity contribution < 1.29 is 13.6 Å². The second-order valence-electron chi connectivity index (χ2n) is 5.72. The molecule has 0 saturated carbocycles. The lowest BCUT2D eigenvalue weighted by Gasteiger charge is -2.13. The zero-order valence-electron chi connectivity index (χ0n) is 13.9. The Balaban J connectivity index is 1.83. The van der Waals surface area contributed by atoms with E-state index in [1.54, 1.807) is 42.5 Å². The lowest BCUT2D eigenvalue weighted by Crippen LogP contribution is -2.24. The molecule has 3 aromatic carbocycles. The van der Waals surface area contributed by atoms with Crippen molar-refractivity contribution in [3.63, 3.8) is 0 Å². The summed E-state index contributed by atoms with van der Waals surface area (Å²) in [6, 6.07) is 15.6. The summed E-state index contributed by atoms with van der Waals surface area (Å²) in [6.07, 6.45) is 0. The van der Waals surface area contributed by atoms with Gasteiger partial charge in [-0.15, -0.1) is 0 Å². The predicted molar refractivity (Wildman–Crippen MR) is 104 cm³/mol. The maximum Gasteiger partial charge on any atom is 0.253 e. The average molecular weight is 407 g/mol. The van der Waals surface area contributed by atoms with E-state index in [2.05, 4.69) is 10.6 Å². The van der Waals surface area contributed by atoms with Crippen molar-refractivity contribution in [2.45, 2.75) is 6.54 Å². The van der Waals surface area contributed by atoms with Gasteiger partial charge in [-0.2, -0.15) is 0 Å². The summed E-state index contributed by atoms with van der Waals surface area (Å²) in [4.78, 5) is 12.6. The molecule has 3 aromatic rings. The third kappa shape index (κ3) is 4.76. The van der Waals surface area contributed by atoms with Gasteiger partial charge in [0, 0.05) is 28.3 Å². The van der Waals surface area contributed by atoms with E-state index in [1.165, 1.54) is 0 Å². The van der Waals surface area contributed by atoms with Crippen LogP contribution >= 0.6 is 23.2 Å². The van der Waals surface area contributed by atoms with Gasteiger partial charge in [0.15, 0.2) is 11.6 Å². The number of benzene rings is 3. The van der Waals surface area contributed by atoms with Gasteiger partial charge >= 0.3 is 0 Å². The minimum atomic E-state index is -1.11. The van der Waals surface area contributed by atoms with Gasteiger partial charge in [0.1, 0.15) is 0 Å². The molecule has 7 heteroatoms. The van der Waals surface area contributed by atoms with Crippen LogP contribution in [0.15, 0.2) is 60.7 Å². The van der Waals surface area contributed by atoms with Crippen LogP contribution in [0.25, 0.3) is 0 Å². The number of hydrogen-bond donors (Lipinski definition) is 2. The molecule has 3 nitrogen and oxygen atoms in total. The third-order valence-corrected chi connectivity index (χ3v) is 4.40. The predicted octanol–water partition coefficient (Wildman–Crippen LogP) is 5.95. The molecule has 0 heterocycles. The van der Waals surface area contributed by atoms with Crippen molar-refractivity contribution in [3.8, 4) is 0 Å². The van der Waals surface area contributed by atoms with Gasteiger partial charge in [-0.1, -0.05) is 47.5 Å². The number of halogens is 4. The number of para-hydroxylation sites is 1. The minimum Gasteiger partial charge on any atom is -0.355 e. The highest BCUT2D eigenvalue weighted by Crippen LogP contribution is 2.25. The number of amides is 1. The number of anilines is 2. The molecule has 138 valence electrons. The maximum absolute atomic E-state index is 13.7. The summed E-state index contributed by atoms with van der Waals surface area (Å²) in [7, 11) is 0. The van der Waals surface area contributed by atoms with E-state index in [4.69, 9.17) is 23.2 Å². The first-order valence-electron chi connectivity index (χ1n) is 7.97. The molecule has 0 radical (unpaired) electrons. The first-order chi connectivity index (χ1) is 12.9. The number of rotatable bonds is 5. The van der Waals surface area contributed by atoms with Crippen LogP contribution < -0.4 is 10.6 Å². The largest absolute Gasteiger partial charge is 0.355 e. The molecule has 0 aliphatic rings. The highest BCUT2D eigenvalue weighted by atomic mass is 35.5. The van der Waals surface area contributed by atoms with E-state index in [0.717, 1.165) is 12.1 Å². The van der Waals surface area contributed by atoms with E-state index >= 15 is 0 Å². The summed E-state index contributed by atoms with van der Waals surface area (Å²) in [5, 5.41) is 6.46. The van der Waals surface area contributed by atoms with E-state index in [1.807, 2.05) is 6.07 Å². The van der Waals surface area contributed by atoms with Crippen molar-refractivity contribution in [2.75, 3.05) is 5.32 Å². The Bertz CT molecular complexity index is 981. The van der Waals surface area contributed by atoms with Crippen LogP contribution in [0.3, 0.4) is 0 Å². The Morgan fingerprint density at radius 1 is 0.926 bits per heavy atom. The lowest BCUT2D eigenvalue weighted by molar-refractivity contribution is 0.0951. The molecule has 0 aliphatic carbocycles. The summed E-state index contributed by atoms with van der Waals surface area (Å²) >= 11 is 11.9. The van der Waals surface area contributed by atoms with E-state index in [9.17, 15) is 13.6 Å². The molecule has 0 aliphatic heterocycles. The lowest BCUT2D eigenvalue weighted by atomic mass is 10.1. The Morgan fingerprint density at radius 3 is 2.33 bits per heavy atom. The molecule has 0 atom stereocenters. The molecule has 0 unspecified atom stereocenters. The summed E-state index contributed by atoms with van der Waals surface area (Å²) in [5.74, 6) is -2.73. The first kappa shape index (κ1) is 19.1. The van der Waals surface area contributed by atoms with Gasteiger partial charge in [-0.25, -0.2) is 8.78 Å². The Morgan fingerprint density at radius 2 is 1.63 bits per heavy atom. The van der Waals surface area contributed by atoms with Crippen molar-refractivity contribution in [1.29, 1.82) is 0 Å². The van der Waals surface area contributed by atoms with Crippen molar-refractivity contribution in [3.05, 3.63) is 93.5 Å². The molecular formula is C20H14Cl2F2N2O. The highest BCUT2D eigenvalue weighted by Gasteiger charge is 2.17. The molecule has 2 N–H and O–H groups in total. The van der Waals surface area contributed by atoms with Crippen molar-refractivity contribution >= 4 is 40.5 Å². The fraction of sp³-hybridized carbons (Fsp3) is 0.0500. The van der Waals surface area contributed by atoms with E-state index in [-0.39, 0.29) is 17.8 Å². The molecule has 0 saturated heterocycles. The van der Waals surface area contributed by atoms with Gasteiger partial charge in [0.2, 0.25) is 0 Å². The minimum absolute atomic E-state index is 0.0251. The topological polar surface area (TPSA) is 41.1 Å². The van der Waals surface area contributed by atoms with Gasteiger partial charge < -0.3 is 10.6 Å². The van der Waals surface area contributed by atoms with Gasteiger partial charge in [-0.05, 0) is 35.9 Å². The number of carbonyl (C=O) groups is 1. The second kappa shape index (κ2) is 8.37. The van der Waals surface area contributed by atoms with Gasteiger partial charge in [0.05, 0.1) is 11.3 Å².